The number of piperazine rings is 1. The number of aliphatic imine (C=N–C) groups is 1. The lowest BCUT2D eigenvalue weighted by Crippen LogP contribution is -2.47. The van der Waals surface area contributed by atoms with Crippen molar-refractivity contribution in [3.05, 3.63) is 35.9 Å². The molecule has 0 bridgehead atoms. The Morgan fingerprint density at radius 3 is 2.40 bits per heavy atom. The molecule has 2 aliphatic rings. The molecule has 25 heavy (non-hydrogen) atoms. The second kappa shape index (κ2) is 9.78. The van der Waals surface area contributed by atoms with Gasteiger partial charge in [0.15, 0.2) is 5.96 Å². The minimum atomic E-state index is 0.541. The van der Waals surface area contributed by atoms with Gasteiger partial charge in [0.2, 0.25) is 0 Å². The first-order valence-corrected chi connectivity index (χ1v) is 9.85. The lowest BCUT2D eigenvalue weighted by molar-refractivity contribution is 0.130. The standard InChI is InChI=1S/C20H33N5/c21-20(23-19-9-5-2-6-10-19)22-11-12-24-13-15-25(16-14-24)17-18-7-3-1-4-8-18/h1,3-4,7-8,19H,2,5-6,9-17H2,(H3,21,22,23). The van der Waals surface area contributed by atoms with E-state index in [2.05, 4.69) is 50.4 Å². The molecule has 0 atom stereocenters. The number of rotatable bonds is 6. The molecule has 3 rings (SSSR count). The third-order valence-electron chi connectivity index (χ3n) is 5.37. The van der Waals surface area contributed by atoms with Crippen LogP contribution in [-0.4, -0.2) is 61.1 Å². The molecule has 1 aliphatic heterocycles. The highest BCUT2D eigenvalue weighted by atomic mass is 15.3. The number of benzene rings is 1. The zero-order valence-electron chi connectivity index (χ0n) is 15.4. The summed E-state index contributed by atoms with van der Waals surface area (Å²) in [5.74, 6) is 0.634. The maximum Gasteiger partial charge on any atom is 0.188 e. The number of guanidine groups is 1. The van der Waals surface area contributed by atoms with E-state index in [0.717, 1.165) is 45.8 Å². The largest absolute Gasteiger partial charge is 0.370 e. The summed E-state index contributed by atoms with van der Waals surface area (Å²) in [5.41, 5.74) is 7.45. The normalized spacial score (nSPS) is 21.4. The number of hydrogen-bond acceptors (Lipinski definition) is 3. The van der Waals surface area contributed by atoms with Gasteiger partial charge in [-0.3, -0.25) is 14.8 Å². The third kappa shape index (κ3) is 6.33. The van der Waals surface area contributed by atoms with E-state index in [-0.39, 0.29) is 0 Å². The van der Waals surface area contributed by atoms with Gasteiger partial charge in [0.05, 0.1) is 6.54 Å². The maximum atomic E-state index is 6.04. The zero-order chi connectivity index (χ0) is 17.3. The molecule has 3 N–H and O–H groups in total. The molecule has 1 heterocycles. The van der Waals surface area contributed by atoms with Crippen molar-refractivity contribution in [1.29, 1.82) is 0 Å². The molecule has 0 radical (unpaired) electrons. The Kier molecular flexibility index (Phi) is 7.12. The summed E-state index contributed by atoms with van der Waals surface area (Å²) in [4.78, 5) is 9.56. The Hall–Kier alpha value is -1.59. The molecular formula is C20H33N5. The minimum Gasteiger partial charge on any atom is -0.370 e. The van der Waals surface area contributed by atoms with Crippen molar-refractivity contribution >= 4 is 5.96 Å². The average Bonchev–Trinajstić information content (AvgIpc) is 2.65. The van der Waals surface area contributed by atoms with Gasteiger partial charge in [-0.25, -0.2) is 0 Å². The van der Waals surface area contributed by atoms with Gasteiger partial charge in [-0.15, -0.1) is 0 Å². The van der Waals surface area contributed by atoms with Crippen LogP contribution in [0.2, 0.25) is 0 Å². The quantitative estimate of drug-likeness (QED) is 0.613. The van der Waals surface area contributed by atoms with Gasteiger partial charge in [0, 0.05) is 45.3 Å². The van der Waals surface area contributed by atoms with Crippen molar-refractivity contribution in [2.24, 2.45) is 10.7 Å². The van der Waals surface area contributed by atoms with Crippen LogP contribution >= 0.6 is 0 Å². The molecule has 0 unspecified atom stereocenters. The molecule has 5 heteroatoms. The second-order valence-electron chi connectivity index (χ2n) is 7.35. The number of nitrogens with zero attached hydrogens (tertiary/aromatic N) is 3. The minimum absolute atomic E-state index is 0.541. The van der Waals surface area contributed by atoms with E-state index in [9.17, 15) is 0 Å². The van der Waals surface area contributed by atoms with E-state index in [4.69, 9.17) is 5.73 Å². The van der Waals surface area contributed by atoms with E-state index in [1.54, 1.807) is 0 Å². The van der Waals surface area contributed by atoms with Gasteiger partial charge in [-0.2, -0.15) is 0 Å². The van der Waals surface area contributed by atoms with Crippen molar-refractivity contribution in [2.45, 2.75) is 44.7 Å². The average molecular weight is 344 g/mol. The summed E-state index contributed by atoms with van der Waals surface area (Å²) in [5, 5.41) is 3.39. The fourth-order valence-electron chi connectivity index (χ4n) is 3.83. The molecule has 138 valence electrons. The lowest BCUT2D eigenvalue weighted by Gasteiger charge is -2.34. The molecule has 1 saturated carbocycles. The highest BCUT2D eigenvalue weighted by Gasteiger charge is 2.17. The van der Waals surface area contributed by atoms with Crippen LogP contribution in [0.3, 0.4) is 0 Å². The molecule has 5 nitrogen and oxygen atoms in total. The highest BCUT2D eigenvalue weighted by molar-refractivity contribution is 5.78. The summed E-state index contributed by atoms with van der Waals surface area (Å²) < 4.78 is 0. The van der Waals surface area contributed by atoms with Crippen molar-refractivity contribution < 1.29 is 0 Å². The molecule has 0 aromatic heterocycles. The molecule has 2 fully saturated rings. The first kappa shape index (κ1) is 18.2. The molecule has 0 spiro atoms. The maximum absolute atomic E-state index is 6.04. The van der Waals surface area contributed by atoms with Crippen LogP contribution in [0.25, 0.3) is 0 Å². The van der Waals surface area contributed by atoms with Crippen molar-refractivity contribution in [3.8, 4) is 0 Å². The summed E-state index contributed by atoms with van der Waals surface area (Å²) in [7, 11) is 0. The molecule has 0 amide bonds. The van der Waals surface area contributed by atoms with Crippen LogP contribution in [0.15, 0.2) is 35.3 Å². The summed E-state index contributed by atoms with van der Waals surface area (Å²) in [6.07, 6.45) is 6.47. The van der Waals surface area contributed by atoms with E-state index in [1.165, 1.54) is 37.7 Å². The van der Waals surface area contributed by atoms with Crippen LogP contribution in [-0.2, 0) is 6.54 Å². The van der Waals surface area contributed by atoms with E-state index < -0.39 is 0 Å². The number of nitrogens with two attached hydrogens (primary N) is 1. The Bertz CT molecular complexity index is 516. The molecular weight excluding hydrogens is 310 g/mol. The number of nitrogens with one attached hydrogen (secondary N) is 1. The fraction of sp³-hybridized carbons (Fsp3) is 0.650. The summed E-state index contributed by atoms with van der Waals surface area (Å²) in [6.45, 7) is 7.38. The monoisotopic (exact) mass is 343 g/mol. The third-order valence-corrected chi connectivity index (χ3v) is 5.37. The van der Waals surface area contributed by atoms with Crippen molar-refractivity contribution in [3.63, 3.8) is 0 Å². The van der Waals surface area contributed by atoms with E-state index >= 15 is 0 Å². The lowest BCUT2D eigenvalue weighted by atomic mass is 9.96. The summed E-state index contributed by atoms with van der Waals surface area (Å²) >= 11 is 0. The van der Waals surface area contributed by atoms with Gasteiger partial charge >= 0.3 is 0 Å². The van der Waals surface area contributed by atoms with E-state index in [1.807, 2.05) is 0 Å². The predicted octanol–water partition coefficient (Wildman–Crippen LogP) is 2.04. The smallest absolute Gasteiger partial charge is 0.188 e. The van der Waals surface area contributed by atoms with Crippen LogP contribution in [0, 0.1) is 0 Å². The molecule has 1 aromatic carbocycles. The predicted molar refractivity (Wildman–Crippen MR) is 105 cm³/mol. The molecule has 1 saturated heterocycles. The van der Waals surface area contributed by atoms with Crippen molar-refractivity contribution in [1.82, 2.24) is 15.1 Å². The van der Waals surface area contributed by atoms with Gasteiger partial charge in [0.1, 0.15) is 0 Å². The van der Waals surface area contributed by atoms with Crippen LogP contribution in [0.1, 0.15) is 37.7 Å². The van der Waals surface area contributed by atoms with Gasteiger partial charge < -0.3 is 11.1 Å². The topological polar surface area (TPSA) is 56.9 Å². The van der Waals surface area contributed by atoms with E-state index in [0.29, 0.717) is 12.0 Å². The second-order valence-corrected chi connectivity index (χ2v) is 7.35. The van der Waals surface area contributed by atoms with Crippen LogP contribution in [0.4, 0.5) is 0 Å². The summed E-state index contributed by atoms with van der Waals surface area (Å²) in [6, 6.07) is 11.3. The zero-order valence-corrected chi connectivity index (χ0v) is 15.4. The Morgan fingerprint density at radius 1 is 1.00 bits per heavy atom. The Balaban J connectivity index is 1.31. The first-order chi connectivity index (χ1) is 12.3. The van der Waals surface area contributed by atoms with Gasteiger partial charge in [0.25, 0.3) is 0 Å². The number of hydrogen-bond donors (Lipinski definition) is 2. The Morgan fingerprint density at radius 2 is 1.68 bits per heavy atom. The SMILES string of the molecule is NC(=NCCN1CCN(Cc2ccccc2)CC1)NC1CCCCC1. The van der Waals surface area contributed by atoms with Crippen LogP contribution in [0.5, 0.6) is 0 Å². The highest BCUT2D eigenvalue weighted by Crippen LogP contribution is 2.17. The van der Waals surface area contributed by atoms with Gasteiger partial charge in [-0.05, 0) is 18.4 Å². The first-order valence-electron chi connectivity index (χ1n) is 9.85. The van der Waals surface area contributed by atoms with Gasteiger partial charge in [-0.1, -0.05) is 49.6 Å². The van der Waals surface area contributed by atoms with Crippen molar-refractivity contribution in [2.75, 3.05) is 39.3 Å². The van der Waals surface area contributed by atoms with Crippen LogP contribution < -0.4 is 11.1 Å². The fourth-order valence-corrected chi connectivity index (χ4v) is 3.83. The molecule has 1 aromatic rings. The Labute approximate surface area is 152 Å². The molecule has 1 aliphatic carbocycles.